The van der Waals surface area contributed by atoms with Crippen molar-refractivity contribution in [2.45, 2.75) is 85.7 Å². The summed E-state index contributed by atoms with van der Waals surface area (Å²) in [7, 11) is 0. The summed E-state index contributed by atoms with van der Waals surface area (Å²) in [6.07, 6.45) is 6.58. The van der Waals surface area contributed by atoms with Gasteiger partial charge in [-0.15, -0.1) is 0 Å². The fraction of sp³-hybridized carbons (Fsp3) is 0.538. The summed E-state index contributed by atoms with van der Waals surface area (Å²) < 4.78 is 5.69. The molecule has 45 heavy (non-hydrogen) atoms. The Bertz CT molecular complexity index is 1410. The maximum Gasteiger partial charge on any atom is 0.163 e. The largest absolute Gasteiger partial charge is 0.381 e. The number of ether oxygens (including phenoxy) is 1. The van der Waals surface area contributed by atoms with Crippen molar-refractivity contribution in [1.82, 2.24) is 9.80 Å². The maximum absolute atomic E-state index is 14.0. The molecule has 2 saturated heterocycles. The first kappa shape index (κ1) is 33.3. The third-order valence-electron chi connectivity index (χ3n) is 9.98. The molecular weight excluding hydrogens is 558 g/mol. The van der Waals surface area contributed by atoms with Gasteiger partial charge in [-0.3, -0.25) is 14.5 Å². The molecule has 0 spiro atoms. The van der Waals surface area contributed by atoms with Gasteiger partial charge in [-0.1, -0.05) is 42.8 Å². The van der Waals surface area contributed by atoms with Crippen molar-refractivity contribution in [2.75, 3.05) is 57.4 Å². The number of rotatable bonds is 12. The molecule has 0 unspecified atom stereocenters. The number of carbonyl (C=O) groups excluding carboxylic acids is 2. The SMILES string of the molecule is CCCN1CCN(Cc2ccc(-c3cc(C(=O)CCC4=C(C)C=C(C)CC4=O)c(C)c(N(CC)C4CCOCC4)c3)cc2)CC1. The fourth-order valence-electron chi connectivity index (χ4n) is 7.42. The van der Waals surface area contributed by atoms with Gasteiger partial charge in [0.05, 0.1) is 0 Å². The predicted octanol–water partition coefficient (Wildman–Crippen LogP) is 7.39. The zero-order chi connectivity index (χ0) is 31.9. The maximum atomic E-state index is 14.0. The zero-order valence-corrected chi connectivity index (χ0v) is 28.3. The summed E-state index contributed by atoms with van der Waals surface area (Å²) >= 11 is 0. The smallest absolute Gasteiger partial charge is 0.163 e. The first-order valence-electron chi connectivity index (χ1n) is 17.2. The minimum Gasteiger partial charge on any atom is -0.381 e. The van der Waals surface area contributed by atoms with Crippen molar-refractivity contribution in [3.8, 4) is 11.1 Å². The number of hydrogen-bond donors (Lipinski definition) is 0. The van der Waals surface area contributed by atoms with Crippen LogP contribution in [0, 0.1) is 6.92 Å². The van der Waals surface area contributed by atoms with Crippen LogP contribution in [0.3, 0.4) is 0 Å². The summed E-state index contributed by atoms with van der Waals surface area (Å²) in [6, 6.07) is 13.7. The van der Waals surface area contributed by atoms with Crippen LogP contribution < -0.4 is 4.90 Å². The minimum absolute atomic E-state index is 0.108. The lowest BCUT2D eigenvalue weighted by Gasteiger charge is -2.37. The average Bonchev–Trinajstić information content (AvgIpc) is 3.03. The summed E-state index contributed by atoms with van der Waals surface area (Å²) in [5, 5.41) is 0. The Morgan fingerprint density at radius 3 is 2.27 bits per heavy atom. The second-order valence-electron chi connectivity index (χ2n) is 13.3. The lowest BCUT2D eigenvalue weighted by molar-refractivity contribution is -0.115. The molecule has 0 amide bonds. The van der Waals surface area contributed by atoms with Gasteiger partial charge in [-0.25, -0.2) is 0 Å². The van der Waals surface area contributed by atoms with Gasteiger partial charge in [0, 0.05) is 82.6 Å². The Labute approximate surface area is 271 Å². The number of nitrogens with zero attached hydrogens (tertiary/aromatic N) is 3. The first-order valence-corrected chi connectivity index (χ1v) is 17.2. The minimum atomic E-state index is 0.108. The van der Waals surface area contributed by atoms with Crippen molar-refractivity contribution < 1.29 is 14.3 Å². The third-order valence-corrected chi connectivity index (χ3v) is 9.98. The van der Waals surface area contributed by atoms with E-state index in [4.69, 9.17) is 4.74 Å². The molecule has 1 aliphatic carbocycles. The highest BCUT2D eigenvalue weighted by molar-refractivity contribution is 6.03. The van der Waals surface area contributed by atoms with E-state index < -0.39 is 0 Å². The topological polar surface area (TPSA) is 53.1 Å². The highest BCUT2D eigenvalue weighted by atomic mass is 16.5. The van der Waals surface area contributed by atoms with Gasteiger partial charge < -0.3 is 14.5 Å². The number of benzene rings is 2. The van der Waals surface area contributed by atoms with Gasteiger partial charge >= 0.3 is 0 Å². The van der Waals surface area contributed by atoms with Crippen LogP contribution in [-0.4, -0.2) is 79.9 Å². The van der Waals surface area contributed by atoms with E-state index in [0.29, 0.717) is 25.3 Å². The van der Waals surface area contributed by atoms with E-state index in [1.807, 2.05) is 13.8 Å². The summed E-state index contributed by atoms with van der Waals surface area (Å²) in [5.41, 5.74) is 9.39. The summed E-state index contributed by atoms with van der Waals surface area (Å²) in [6.45, 7) is 19.7. The molecule has 0 radical (unpaired) electrons. The summed E-state index contributed by atoms with van der Waals surface area (Å²) in [5.74, 6) is 0.267. The van der Waals surface area contributed by atoms with Crippen LogP contribution in [0.1, 0.15) is 87.7 Å². The molecule has 6 nitrogen and oxygen atoms in total. The molecule has 2 heterocycles. The Hall–Kier alpha value is -3.06. The van der Waals surface area contributed by atoms with E-state index in [1.165, 1.54) is 18.5 Å². The van der Waals surface area contributed by atoms with E-state index in [-0.39, 0.29) is 11.6 Å². The van der Waals surface area contributed by atoms with Crippen LogP contribution in [0.5, 0.6) is 0 Å². The molecule has 3 aliphatic rings. The lowest BCUT2D eigenvalue weighted by Crippen LogP contribution is -2.45. The molecule has 0 atom stereocenters. The van der Waals surface area contributed by atoms with Crippen molar-refractivity contribution >= 4 is 17.3 Å². The number of carbonyl (C=O) groups is 2. The molecule has 2 aromatic rings. The monoisotopic (exact) mass is 611 g/mol. The van der Waals surface area contributed by atoms with Crippen LogP contribution in [0.15, 0.2) is 59.2 Å². The Kier molecular flexibility index (Phi) is 11.5. The molecule has 0 saturated carbocycles. The third kappa shape index (κ3) is 8.21. The van der Waals surface area contributed by atoms with Crippen molar-refractivity contribution in [3.05, 3.63) is 75.9 Å². The van der Waals surface area contributed by atoms with Crippen LogP contribution >= 0.6 is 0 Å². The molecule has 0 aromatic heterocycles. The second kappa shape index (κ2) is 15.5. The van der Waals surface area contributed by atoms with E-state index in [9.17, 15) is 9.59 Å². The number of allylic oxidation sites excluding steroid dienone is 4. The van der Waals surface area contributed by atoms with Crippen molar-refractivity contribution in [1.29, 1.82) is 0 Å². The molecule has 0 bridgehead atoms. The molecule has 2 fully saturated rings. The van der Waals surface area contributed by atoms with Crippen molar-refractivity contribution in [3.63, 3.8) is 0 Å². The van der Waals surface area contributed by atoms with Crippen LogP contribution in [-0.2, 0) is 16.1 Å². The average molecular weight is 612 g/mol. The van der Waals surface area contributed by atoms with Gasteiger partial charge in [-0.2, -0.15) is 0 Å². The quantitative estimate of drug-likeness (QED) is 0.233. The van der Waals surface area contributed by atoms with Crippen LogP contribution in [0.2, 0.25) is 0 Å². The normalized spacial score (nSPS) is 18.8. The number of hydrogen-bond acceptors (Lipinski definition) is 6. The number of ketones is 2. The molecular formula is C39H53N3O3. The zero-order valence-electron chi connectivity index (χ0n) is 28.3. The van der Waals surface area contributed by atoms with E-state index in [0.717, 1.165) is 110 Å². The standard InChI is InChI=1S/C39H53N3O3/c1-6-16-40-17-19-41(20-18-40)27-31-8-10-32(11-9-31)33-25-36(38(43)13-12-35-29(4)23-28(3)24-39(35)44)30(5)37(26-33)42(7-2)34-14-21-45-22-15-34/h8-11,23,25-26,34H,6-7,12-22,24,27H2,1-5H3. The highest BCUT2D eigenvalue weighted by Gasteiger charge is 2.26. The molecule has 0 N–H and O–H groups in total. The molecule has 2 aliphatic heterocycles. The Morgan fingerprint density at radius 2 is 1.62 bits per heavy atom. The van der Waals surface area contributed by atoms with Gasteiger partial charge in [0.15, 0.2) is 11.6 Å². The number of Topliss-reactive ketones (excluding diaryl/α,β-unsaturated/α-hetero) is 2. The van der Waals surface area contributed by atoms with E-state index in [2.05, 4.69) is 77.9 Å². The van der Waals surface area contributed by atoms with Gasteiger partial charge in [0.25, 0.3) is 0 Å². The molecule has 2 aromatic carbocycles. The first-order chi connectivity index (χ1) is 21.8. The lowest BCUT2D eigenvalue weighted by atomic mass is 9.87. The molecule has 242 valence electrons. The van der Waals surface area contributed by atoms with Crippen LogP contribution in [0.25, 0.3) is 11.1 Å². The summed E-state index contributed by atoms with van der Waals surface area (Å²) in [4.78, 5) is 34.3. The number of piperazine rings is 1. The Balaban J connectivity index is 1.40. The fourth-order valence-corrected chi connectivity index (χ4v) is 7.42. The number of anilines is 1. The second-order valence-corrected chi connectivity index (χ2v) is 13.3. The predicted molar refractivity (Wildman–Crippen MR) is 185 cm³/mol. The van der Waals surface area contributed by atoms with Gasteiger partial charge in [0.1, 0.15) is 0 Å². The molecule has 5 rings (SSSR count). The van der Waals surface area contributed by atoms with Crippen LogP contribution in [0.4, 0.5) is 5.69 Å². The van der Waals surface area contributed by atoms with E-state index >= 15 is 0 Å². The van der Waals surface area contributed by atoms with Gasteiger partial charge in [-0.05, 0) is 105 Å². The van der Waals surface area contributed by atoms with Crippen molar-refractivity contribution in [2.24, 2.45) is 0 Å². The Morgan fingerprint density at radius 1 is 0.933 bits per heavy atom. The van der Waals surface area contributed by atoms with Gasteiger partial charge in [0.2, 0.25) is 0 Å². The van der Waals surface area contributed by atoms with E-state index in [1.54, 1.807) is 0 Å². The molecule has 6 heteroatoms. The highest BCUT2D eigenvalue weighted by Crippen LogP contribution is 2.35.